The normalized spacial score (nSPS) is 14.3. The Bertz CT molecular complexity index is 1200. The molecule has 4 rings (SSSR count). The van der Waals surface area contributed by atoms with Crippen LogP contribution >= 0.6 is 0 Å². The third kappa shape index (κ3) is 8.29. The number of methoxy groups -OCH3 is 2. The predicted molar refractivity (Wildman–Crippen MR) is 157 cm³/mol. The van der Waals surface area contributed by atoms with Gasteiger partial charge in [-0.3, -0.25) is 9.69 Å². The summed E-state index contributed by atoms with van der Waals surface area (Å²) in [5, 5.41) is 0. The molecule has 210 valence electrons. The summed E-state index contributed by atoms with van der Waals surface area (Å²) >= 11 is 0. The first kappa shape index (κ1) is 29.1. The summed E-state index contributed by atoms with van der Waals surface area (Å²) < 4.78 is 21.4. The lowest BCUT2D eigenvalue weighted by Gasteiger charge is -2.39. The van der Waals surface area contributed by atoms with E-state index in [0.717, 1.165) is 18.7 Å². The number of carbonyl (C=O) groups excluding carboxylic acids is 1. The molecule has 0 bridgehead atoms. The summed E-state index contributed by atoms with van der Waals surface area (Å²) in [7, 11) is 3.22. The lowest BCUT2D eigenvalue weighted by Crippen LogP contribution is -2.49. The lowest BCUT2D eigenvalue weighted by molar-refractivity contribution is -0.127. The highest BCUT2D eigenvalue weighted by atomic mass is 16.7. The highest BCUT2D eigenvalue weighted by molar-refractivity contribution is 5.88. The SMILES string of the molecule is COCCOCOc1ccc(C=CC=CC(=O)N2CCN(C(c3ccccc3)c3ccccc3)CC2)cc1OC. The smallest absolute Gasteiger partial charge is 0.246 e. The van der Waals surface area contributed by atoms with Crippen LogP contribution in [0.2, 0.25) is 0 Å². The molecule has 0 radical (unpaired) electrons. The van der Waals surface area contributed by atoms with Gasteiger partial charge in [-0.25, -0.2) is 0 Å². The number of hydrogen-bond acceptors (Lipinski definition) is 6. The maximum absolute atomic E-state index is 12.9. The van der Waals surface area contributed by atoms with Gasteiger partial charge < -0.3 is 23.8 Å². The van der Waals surface area contributed by atoms with E-state index in [1.54, 1.807) is 26.4 Å². The van der Waals surface area contributed by atoms with Crippen LogP contribution in [0.5, 0.6) is 11.5 Å². The first-order valence-electron chi connectivity index (χ1n) is 13.5. The minimum absolute atomic E-state index is 0.0232. The van der Waals surface area contributed by atoms with E-state index >= 15 is 0 Å². The maximum atomic E-state index is 12.9. The first-order chi connectivity index (χ1) is 19.7. The van der Waals surface area contributed by atoms with Crippen molar-refractivity contribution in [3.8, 4) is 11.5 Å². The Hall–Kier alpha value is -3.91. The van der Waals surface area contributed by atoms with E-state index in [4.69, 9.17) is 18.9 Å². The minimum atomic E-state index is 0.0232. The van der Waals surface area contributed by atoms with Gasteiger partial charge in [0.25, 0.3) is 0 Å². The van der Waals surface area contributed by atoms with Gasteiger partial charge in [0, 0.05) is 39.4 Å². The molecule has 7 nitrogen and oxygen atoms in total. The van der Waals surface area contributed by atoms with Crippen molar-refractivity contribution in [3.63, 3.8) is 0 Å². The Morgan fingerprint density at radius 1 is 0.825 bits per heavy atom. The van der Waals surface area contributed by atoms with Gasteiger partial charge in [-0.05, 0) is 28.8 Å². The first-order valence-corrected chi connectivity index (χ1v) is 13.5. The lowest BCUT2D eigenvalue weighted by atomic mass is 9.96. The van der Waals surface area contributed by atoms with Gasteiger partial charge in [0.05, 0.1) is 26.4 Å². The van der Waals surface area contributed by atoms with E-state index in [0.29, 0.717) is 37.8 Å². The topological polar surface area (TPSA) is 60.5 Å². The van der Waals surface area contributed by atoms with Crippen LogP contribution in [0.25, 0.3) is 6.08 Å². The molecule has 3 aromatic carbocycles. The van der Waals surface area contributed by atoms with E-state index in [2.05, 4.69) is 53.4 Å². The van der Waals surface area contributed by atoms with Crippen LogP contribution in [0, 0.1) is 0 Å². The van der Waals surface area contributed by atoms with Crippen molar-refractivity contribution in [1.29, 1.82) is 0 Å². The van der Waals surface area contributed by atoms with E-state index in [9.17, 15) is 4.79 Å². The second-order valence-corrected chi connectivity index (χ2v) is 9.38. The molecule has 1 fully saturated rings. The fourth-order valence-electron chi connectivity index (χ4n) is 4.71. The summed E-state index contributed by atoms with van der Waals surface area (Å²) in [4.78, 5) is 17.2. The van der Waals surface area contributed by atoms with Gasteiger partial charge >= 0.3 is 0 Å². The number of benzene rings is 3. The van der Waals surface area contributed by atoms with E-state index in [-0.39, 0.29) is 18.7 Å². The zero-order chi connectivity index (χ0) is 28.0. The molecule has 1 aliphatic rings. The Morgan fingerprint density at radius 2 is 1.50 bits per heavy atom. The Kier molecular flexibility index (Phi) is 11.4. The third-order valence-electron chi connectivity index (χ3n) is 6.78. The second kappa shape index (κ2) is 15.6. The van der Waals surface area contributed by atoms with Crippen molar-refractivity contribution in [2.45, 2.75) is 6.04 Å². The Morgan fingerprint density at radius 3 is 2.12 bits per heavy atom. The van der Waals surface area contributed by atoms with Gasteiger partial charge in [0.1, 0.15) is 0 Å². The van der Waals surface area contributed by atoms with Crippen molar-refractivity contribution in [2.75, 3.05) is 60.4 Å². The quantitative estimate of drug-likeness (QED) is 0.128. The van der Waals surface area contributed by atoms with Gasteiger partial charge in [-0.1, -0.05) is 85.0 Å². The molecule has 0 atom stereocenters. The molecular weight excluding hydrogens is 504 g/mol. The van der Waals surface area contributed by atoms with Crippen molar-refractivity contribution in [3.05, 3.63) is 114 Å². The predicted octanol–water partition coefficient (Wildman–Crippen LogP) is 5.20. The van der Waals surface area contributed by atoms with Crippen LogP contribution in [-0.2, 0) is 14.3 Å². The molecule has 1 aliphatic heterocycles. The molecule has 0 saturated carbocycles. The highest BCUT2D eigenvalue weighted by Crippen LogP contribution is 2.30. The van der Waals surface area contributed by atoms with Crippen LogP contribution in [0.3, 0.4) is 0 Å². The molecule has 0 spiro atoms. The molecule has 40 heavy (non-hydrogen) atoms. The molecule has 1 amide bonds. The number of rotatable bonds is 13. The standard InChI is InChI=1S/C33H38N2O5/c1-37-23-24-39-26-40-30-18-17-27(25-31(30)38-2)11-9-10-16-32(36)34-19-21-35(22-20-34)33(28-12-5-3-6-13-28)29-14-7-4-8-15-29/h3-18,25,33H,19-24,26H2,1-2H3. The monoisotopic (exact) mass is 542 g/mol. The number of hydrogen-bond donors (Lipinski definition) is 0. The molecular formula is C33H38N2O5. The summed E-state index contributed by atoms with van der Waals surface area (Å²) in [6, 6.07) is 27.0. The second-order valence-electron chi connectivity index (χ2n) is 9.38. The summed E-state index contributed by atoms with van der Waals surface area (Å²) in [6.45, 7) is 4.10. The number of carbonyl (C=O) groups is 1. The number of ether oxygens (including phenoxy) is 4. The zero-order valence-corrected chi connectivity index (χ0v) is 23.3. The van der Waals surface area contributed by atoms with E-state index in [1.165, 1.54) is 11.1 Å². The number of piperazine rings is 1. The Balaban J connectivity index is 1.29. The fourth-order valence-corrected chi connectivity index (χ4v) is 4.71. The largest absolute Gasteiger partial charge is 0.493 e. The third-order valence-corrected chi connectivity index (χ3v) is 6.78. The van der Waals surface area contributed by atoms with Crippen molar-refractivity contribution < 1.29 is 23.7 Å². The molecule has 0 aromatic heterocycles. The highest BCUT2D eigenvalue weighted by Gasteiger charge is 2.27. The number of nitrogens with zero attached hydrogens (tertiary/aromatic N) is 2. The maximum Gasteiger partial charge on any atom is 0.246 e. The van der Waals surface area contributed by atoms with Crippen LogP contribution < -0.4 is 9.47 Å². The van der Waals surface area contributed by atoms with E-state index in [1.807, 2.05) is 47.4 Å². The van der Waals surface area contributed by atoms with E-state index < -0.39 is 0 Å². The van der Waals surface area contributed by atoms with Crippen LogP contribution in [0.1, 0.15) is 22.7 Å². The Labute approximate surface area is 237 Å². The van der Waals surface area contributed by atoms with Gasteiger partial charge in [0.2, 0.25) is 5.91 Å². The average molecular weight is 543 g/mol. The van der Waals surface area contributed by atoms with Crippen LogP contribution in [0.4, 0.5) is 0 Å². The molecule has 7 heteroatoms. The van der Waals surface area contributed by atoms with Gasteiger partial charge in [-0.2, -0.15) is 0 Å². The summed E-state index contributed by atoms with van der Waals surface area (Å²) in [5.74, 6) is 1.23. The molecule has 3 aromatic rings. The molecule has 1 saturated heterocycles. The zero-order valence-electron chi connectivity index (χ0n) is 23.3. The average Bonchev–Trinajstić information content (AvgIpc) is 3.01. The van der Waals surface area contributed by atoms with Gasteiger partial charge in [-0.15, -0.1) is 0 Å². The molecule has 0 N–H and O–H groups in total. The van der Waals surface area contributed by atoms with Gasteiger partial charge in [0.15, 0.2) is 18.3 Å². The van der Waals surface area contributed by atoms with Crippen molar-refractivity contribution in [2.24, 2.45) is 0 Å². The number of allylic oxidation sites excluding steroid dienone is 2. The van der Waals surface area contributed by atoms with Crippen LogP contribution in [0.15, 0.2) is 97.1 Å². The van der Waals surface area contributed by atoms with Crippen molar-refractivity contribution >= 4 is 12.0 Å². The molecule has 0 unspecified atom stereocenters. The fraction of sp³-hybridized carbons (Fsp3) is 0.303. The summed E-state index contributed by atoms with van der Waals surface area (Å²) in [6.07, 6.45) is 7.20. The van der Waals surface area contributed by atoms with Crippen LogP contribution in [-0.4, -0.2) is 76.1 Å². The number of amides is 1. The molecule has 0 aliphatic carbocycles. The molecule has 1 heterocycles. The minimum Gasteiger partial charge on any atom is -0.493 e. The van der Waals surface area contributed by atoms with Crippen molar-refractivity contribution in [1.82, 2.24) is 9.80 Å². The summed E-state index contributed by atoms with van der Waals surface area (Å²) in [5.41, 5.74) is 3.47.